The fraction of sp³-hybridized carbons (Fsp3) is 0.120. The molecule has 1 aliphatic rings. The number of hydrogen-bond acceptors (Lipinski definition) is 7. The standard InChI is InChI=1S/C25H17N3O5/c1-31-19-12-20-22(24-23(19)17(29)11-18(33-24)14-6-3-2-4-7-14)15(10-21(30)32-20)16-13-27-28-9-5-8-26-25(16)28/h2-9,11-13,15H,10H2,1H3. The van der Waals surface area contributed by atoms with Gasteiger partial charge in [0.1, 0.15) is 28.2 Å². The number of fused-ring (bicyclic) bond motifs is 4. The third kappa shape index (κ3) is 2.99. The van der Waals surface area contributed by atoms with Gasteiger partial charge < -0.3 is 13.9 Å². The van der Waals surface area contributed by atoms with Gasteiger partial charge in [-0.25, -0.2) is 9.50 Å². The highest BCUT2D eigenvalue weighted by Crippen LogP contribution is 2.46. The van der Waals surface area contributed by atoms with Crippen molar-refractivity contribution in [3.8, 4) is 22.8 Å². The molecule has 33 heavy (non-hydrogen) atoms. The summed E-state index contributed by atoms with van der Waals surface area (Å²) in [5, 5.41) is 4.67. The van der Waals surface area contributed by atoms with Crippen molar-refractivity contribution in [1.29, 1.82) is 0 Å². The van der Waals surface area contributed by atoms with Crippen LogP contribution in [0.4, 0.5) is 0 Å². The van der Waals surface area contributed by atoms with Crippen LogP contribution in [0.5, 0.6) is 11.5 Å². The number of benzene rings is 2. The van der Waals surface area contributed by atoms with Gasteiger partial charge in [-0.1, -0.05) is 30.3 Å². The molecule has 1 atom stereocenters. The molecular formula is C25H17N3O5. The predicted octanol–water partition coefficient (Wildman–Crippen LogP) is 3.95. The summed E-state index contributed by atoms with van der Waals surface area (Å²) in [7, 11) is 1.46. The fourth-order valence-corrected chi connectivity index (χ4v) is 4.41. The summed E-state index contributed by atoms with van der Waals surface area (Å²) in [4.78, 5) is 30.2. The summed E-state index contributed by atoms with van der Waals surface area (Å²) in [6.45, 7) is 0. The number of carbonyl (C=O) groups is 1. The Bertz CT molecular complexity index is 1600. The zero-order valence-corrected chi connectivity index (χ0v) is 17.5. The lowest BCUT2D eigenvalue weighted by Crippen LogP contribution is -2.22. The molecule has 2 aromatic carbocycles. The molecule has 0 bridgehead atoms. The van der Waals surface area contributed by atoms with Crippen LogP contribution < -0.4 is 14.9 Å². The summed E-state index contributed by atoms with van der Waals surface area (Å²) in [5.74, 6) is 0.131. The lowest BCUT2D eigenvalue weighted by atomic mass is 9.86. The molecule has 0 saturated carbocycles. The fourth-order valence-electron chi connectivity index (χ4n) is 4.41. The molecule has 3 aromatic heterocycles. The zero-order chi connectivity index (χ0) is 22.5. The Labute approximate surface area is 187 Å². The molecule has 4 heterocycles. The third-order valence-electron chi connectivity index (χ3n) is 5.87. The van der Waals surface area contributed by atoms with Crippen LogP contribution in [0, 0.1) is 0 Å². The Morgan fingerprint density at radius 1 is 1.12 bits per heavy atom. The number of aromatic nitrogens is 3. The van der Waals surface area contributed by atoms with Crippen molar-refractivity contribution < 1.29 is 18.7 Å². The SMILES string of the molecule is COc1cc2c(c3oc(-c4ccccc4)cc(=O)c13)C(c1cnn3cccnc13)CC(=O)O2. The Morgan fingerprint density at radius 2 is 1.97 bits per heavy atom. The van der Waals surface area contributed by atoms with E-state index in [0.29, 0.717) is 33.7 Å². The van der Waals surface area contributed by atoms with E-state index in [1.165, 1.54) is 13.2 Å². The summed E-state index contributed by atoms with van der Waals surface area (Å²) in [6, 6.07) is 14.2. The maximum Gasteiger partial charge on any atom is 0.312 e. The zero-order valence-electron chi connectivity index (χ0n) is 17.5. The largest absolute Gasteiger partial charge is 0.496 e. The highest BCUT2D eigenvalue weighted by molar-refractivity contribution is 5.93. The first-order chi connectivity index (χ1) is 16.1. The maximum atomic E-state index is 13.2. The summed E-state index contributed by atoms with van der Waals surface area (Å²) in [5.41, 5.74) is 2.80. The molecule has 5 aromatic rings. The van der Waals surface area contributed by atoms with Crippen LogP contribution in [0.2, 0.25) is 0 Å². The second-order valence-corrected chi connectivity index (χ2v) is 7.75. The lowest BCUT2D eigenvalue weighted by molar-refractivity contribution is -0.135. The summed E-state index contributed by atoms with van der Waals surface area (Å²) in [6.07, 6.45) is 5.20. The molecule has 0 aliphatic carbocycles. The Hall–Kier alpha value is -4.46. The number of ether oxygens (including phenoxy) is 2. The van der Waals surface area contributed by atoms with Crippen LogP contribution in [-0.4, -0.2) is 27.7 Å². The second-order valence-electron chi connectivity index (χ2n) is 7.75. The molecule has 0 saturated heterocycles. The monoisotopic (exact) mass is 439 g/mol. The van der Waals surface area contributed by atoms with Crippen molar-refractivity contribution in [2.45, 2.75) is 12.3 Å². The van der Waals surface area contributed by atoms with Crippen molar-refractivity contribution in [1.82, 2.24) is 14.6 Å². The average Bonchev–Trinajstić information content (AvgIpc) is 3.27. The molecule has 0 radical (unpaired) electrons. The van der Waals surface area contributed by atoms with Gasteiger partial charge in [0.15, 0.2) is 11.1 Å². The first-order valence-electron chi connectivity index (χ1n) is 10.4. The Morgan fingerprint density at radius 3 is 2.79 bits per heavy atom. The van der Waals surface area contributed by atoms with E-state index in [4.69, 9.17) is 13.9 Å². The van der Waals surface area contributed by atoms with Crippen molar-refractivity contribution in [2.75, 3.05) is 7.11 Å². The minimum absolute atomic E-state index is 0.0611. The minimum Gasteiger partial charge on any atom is -0.496 e. The summed E-state index contributed by atoms with van der Waals surface area (Å²) >= 11 is 0. The highest BCUT2D eigenvalue weighted by atomic mass is 16.5. The van der Waals surface area contributed by atoms with Crippen molar-refractivity contribution in [3.05, 3.63) is 88.5 Å². The van der Waals surface area contributed by atoms with E-state index >= 15 is 0 Å². The molecule has 1 unspecified atom stereocenters. The van der Waals surface area contributed by atoms with Gasteiger partial charge in [0.25, 0.3) is 0 Å². The average molecular weight is 439 g/mol. The number of methoxy groups -OCH3 is 1. The quantitative estimate of drug-likeness (QED) is 0.310. The first-order valence-corrected chi connectivity index (χ1v) is 10.4. The van der Waals surface area contributed by atoms with E-state index in [0.717, 1.165) is 11.1 Å². The van der Waals surface area contributed by atoms with E-state index < -0.39 is 11.9 Å². The molecule has 8 heteroatoms. The van der Waals surface area contributed by atoms with E-state index in [9.17, 15) is 9.59 Å². The maximum absolute atomic E-state index is 13.2. The van der Waals surface area contributed by atoms with Crippen molar-refractivity contribution >= 4 is 22.6 Å². The first kappa shape index (κ1) is 19.2. The normalized spacial score (nSPS) is 15.4. The molecule has 0 amide bonds. The van der Waals surface area contributed by atoms with Crippen LogP contribution in [0.3, 0.4) is 0 Å². The number of nitrogens with zero attached hydrogens (tertiary/aromatic N) is 3. The van der Waals surface area contributed by atoms with E-state index in [1.54, 1.807) is 35.2 Å². The number of esters is 1. The van der Waals surface area contributed by atoms with Gasteiger partial charge in [0, 0.05) is 47.1 Å². The van der Waals surface area contributed by atoms with Gasteiger partial charge in [-0.15, -0.1) is 0 Å². The van der Waals surface area contributed by atoms with Gasteiger partial charge in [-0.2, -0.15) is 5.10 Å². The van der Waals surface area contributed by atoms with Crippen molar-refractivity contribution in [2.24, 2.45) is 0 Å². The molecule has 0 fully saturated rings. The Kier molecular flexibility index (Phi) is 4.26. The predicted molar refractivity (Wildman–Crippen MR) is 120 cm³/mol. The van der Waals surface area contributed by atoms with Crippen LogP contribution in [0.25, 0.3) is 27.9 Å². The number of rotatable bonds is 3. The highest BCUT2D eigenvalue weighted by Gasteiger charge is 2.35. The van der Waals surface area contributed by atoms with Crippen LogP contribution in [0.1, 0.15) is 23.5 Å². The molecule has 162 valence electrons. The van der Waals surface area contributed by atoms with E-state index in [-0.39, 0.29) is 17.6 Å². The van der Waals surface area contributed by atoms with Gasteiger partial charge in [0.05, 0.1) is 19.7 Å². The molecule has 0 spiro atoms. The second kappa shape index (κ2) is 7.30. The number of hydrogen-bond donors (Lipinski definition) is 0. The number of carbonyl (C=O) groups excluding carboxylic acids is 1. The van der Waals surface area contributed by atoms with Gasteiger partial charge in [-0.05, 0) is 6.07 Å². The van der Waals surface area contributed by atoms with Crippen molar-refractivity contribution in [3.63, 3.8) is 0 Å². The van der Waals surface area contributed by atoms with Gasteiger partial charge >= 0.3 is 5.97 Å². The molecule has 1 aliphatic heterocycles. The van der Waals surface area contributed by atoms with E-state index in [2.05, 4.69) is 10.1 Å². The van der Waals surface area contributed by atoms with E-state index in [1.807, 2.05) is 30.3 Å². The third-order valence-corrected chi connectivity index (χ3v) is 5.87. The molecule has 0 N–H and O–H groups in total. The van der Waals surface area contributed by atoms with Crippen LogP contribution in [-0.2, 0) is 4.79 Å². The van der Waals surface area contributed by atoms with Gasteiger partial charge in [-0.3, -0.25) is 9.59 Å². The van der Waals surface area contributed by atoms with Crippen LogP contribution >= 0.6 is 0 Å². The minimum atomic E-state index is -0.462. The van der Waals surface area contributed by atoms with Crippen LogP contribution in [0.15, 0.2) is 76.3 Å². The van der Waals surface area contributed by atoms with Gasteiger partial charge in [0.2, 0.25) is 0 Å². The Balaban J connectivity index is 1.70. The molecular weight excluding hydrogens is 422 g/mol. The molecule has 6 rings (SSSR count). The lowest BCUT2D eigenvalue weighted by Gasteiger charge is -2.25. The molecule has 8 nitrogen and oxygen atoms in total. The topological polar surface area (TPSA) is 95.9 Å². The smallest absolute Gasteiger partial charge is 0.312 e. The summed E-state index contributed by atoms with van der Waals surface area (Å²) < 4.78 is 19.0.